The summed E-state index contributed by atoms with van der Waals surface area (Å²) in [5.41, 5.74) is 5.45. The Morgan fingerprint density at radius 1 is 0.808 bits per heavy atom. The van der Waals surface area contributed by atoms with Crippen molar-refractivity contribution in [3.8, 4) is 0 Å². The zero-order valence-electron chi connectivity index (χ0n) is 18.1. The fourth-order valence-electron chi connectivity index (χ4n) is 3.36. The monoisotopic (exact) mass is 352 g/mol. The van der Waals surface area contributed by atoms with Crippen LogP contribution in [0.1, 0.15) is 79.0 Å². The lowest BCUT2D eigenvalue weighted by Gasteiger charge is -2.39. The minimum Gasteiger partial charge on any atom is -0.336 e. The van der Waals surface area contributed by atoms with Gasteiger partial charge in [0.1, 0.15) is 0 Å². The van der Waals surface area contributed by atoms with E-state index in [0.717, 1.165) is 0 Å². The van der Waals surface area contributed by atoms with Gasteiger partial charge in [-0.25, -0.2) is 0 Å². The van der Waals surface area contributed by atoms with Crippen LogP contribution in [0, 0.1) is 5.41 Å². The van der Waals surface area contributed by atoms with Crippen LogP contribution in [-0.4, -0.2) is 12.3 Å². The maximum Gasteiger partial charge on any atom is 0.0867 e. The molecule has 0 saturated carbocycles. The largest absolute Gasteiger partial charge is 0.336 e. The number of hydrogen-bond acceptors (Lipinski definition) is 2. The Kier molecular flexibility index (Phi) is 5.29. The SMILES string of the molecule is CC(C)(C)c1cc(C(C)(C)C)c(N2C=CC=CC2C=N)c(C(C)(C)C)c1. The van der Waals surface area contributed by atoms with Gasteiger partial charge in [0, 0.05) is 18.1 Å². The molecular formula is C24H36N2. The third-order valence-electron chi connectivity index (χ3n) is 5.01. The Morgan fingerprint density at radius 3 is 1.69 bits per heavy atom. The second kappa shape index (κ2) is 6.72. The lowest BCUT2D eigenvalue weighted by molar-refractivity contribution is 0.547. The van der Waals surface area contributed by atoms with E-state index in [2.05, 4.69) is 97.7 Å². The quantitative estimate of drug-likeness (QED) is 0.605. The fourth-order valence-corrected chi connectivity index (χ4v) is 3.36. The molecule has 142 valence electrons. The minimum atomic E-state index is -0.0392. The van der Waals surface area contributed by atoms with E-state index in [1.807, 2.05) is 6.08 Å². The molecule has 1 N–H and O–H groups in total. The predicted molar refractivity (Wildman–Crippen MR) is 116 cm³/mol. The van der Waals surface area contributed by atoms with Gasteiger partial charge in [-0.05, 0) is 39.0 Å². The van der Waals surface area contributed by atoms with Crippen LogP contribution in [0.5, 0.6) is 0 Å². The van der Waals surface area contributed by atoms with Crippen LogP contribution in [0.3, 0.4) is 0 Å². The topological polar surface area (TPSA) is 27.1 Å². The Bertz CT molecular complexity index is 696. The van der Waals surface area contributed by atoms with E-state index >= 15 is 0 Å². The standard InChI is InChI=1S/C24H36N2/c1-22(2,3)17-14-19(23(4,5)6)21(20(15-17)24(7,8)9)26-13-11-10-12-18(26)16-25/h10-16,18,25H,1-9H3. The first-order chi connectivity index (χ1) is 11.8. The van der Waals surface area contributed by atoms with E-state index in [1.54, 1.807) is 0 Å². The molecule has 2 rings (SSSR count). The summed E-state index contributed by atoms with van der Waals surface area (Å²) in [6, 6.07) is 4.73. The van der Waals surface area contributed by atoms with Gasteiger partial charge >= 0.3 is 0 Å². The second-order valence-corrected chi connectivity index (χ2v) is 10.5. The van der Waals surface area contributed by atoms with Crippen LogP contribution in [0.2, 0.25) is 0 Å². The average molecular weight is 353 g/mol. The van der Waals surface area contributed by atoms with Gasteiger partial charge in [-0.1, -0.05) is 86.6 Å². The predicted octanol–water partition coefficient (Wildman–Crippen LogP) is 6.49. The lowest BCUT2D eigenvalue weighted by atomic mass is 9.73. The molecule has 1 aliphatic heterocycles. The molecule has 0 bridgehead atoms. The van der Waals surface area contributed by atoms with E-state index in [0.29, 0.717) is 0 Å². The number of anilines is 1. The zero-order chi connectivity index (χ0) is 19.9. The molecule has 1 heterocycles. The molecule has 0 aromatic heterocycles. The highest BCUT2D eigenvalue weighted by Crippen LogP contribution is 2.44. The molecule has 1 aromatic rings. The van der Waals surface area contributed by atoms with E-state index < -0.39 is 0 Å². The summed E-state index contributed by atoms with van der Waals surface area (Å²) in [6.45, 7) is 20.6. The summed E-state index contributed by atoms with van der Waals surface area (Å²) in [6.07, 6.45) is 9.83. The third kappa shape index (κ3) is 4.11. The van der Waals surface area contributed by atoms with Crippen LogP contribution in [0.25, 0.3) is 0 Å². The molecule has 0 fully saturated rings. The normalized spacial score (nSPS) is 18.3. The van der Waals surface area contributed by atoms with E-state index in [1.165, 1.54) is 28.6 Å². The van der Waals surface area contributed by atoms with Crippen LogP contribution in [0.4, 0.5) is 5.69 Å². The van der Waals surface area contributed by atoms with Crippen LogP contribution >= 0.6 is 0 Å². The van der Waals surface area contributed by atoms with Crippen LogP contribution in [-0.2, 0) is 16.2 Å². The Hall–Kier alpha value is -1.83. The maximum atomic E-state index is 7.92. The fraction of sp³-hybridized carbons (Fsp3) is 0.542. The second-order valence-electron chi connectivity index (χ2n) is 10.5. The van der Waals surface area contributed by atoms with Gasteiger partial charge in [0.2, 0.25) is 0 Å². The molecule has 0 aliphatic carbocycles. The molecule has 2 heteroatoms. The molecule has 1 aliphatic rings. The van der Waals surface area contributed by atoms with Gasteiger partial charge in [0.05, 0.1) is 6.04 Å². The summed E-state index contributed by atoms with van der Waals surface area (Å²) in [5, 5.41) is 7.92. The molecule has 26 heavy (non-hydrogen) atoms. The Morgan fingerprint density at radius 2 is 1.31 bits per heavy atom. The Balaban J connectivity index is 2.90. The lowest BCUT2D eigenvalue weighted by Crippen LogP contribution is -2.36. The van der Waals surface area contributed by atoms with Gasteiger partial charge in [-0.2, -0.15) is 0 Å². The van der Waals surface area contributed by atoms with Gasteiger partial charge < -0.3 is 10.3 Å². The van der Waals surface area contributed by atoms with Crippen molar-refractivity contribution in [2.75, 3.05) is 4.90 Å². The molecule has 1 unspecified atom stereocenters. The number of nitrogens with zero attached hydrogens (tertiary/aromatic N) is 1. The molecule has 0 radical (unpaired) electrons. The number of allylic oxidation sites excluding steroid dienone is 2. The number of rotatable bonds is 2. The number of nitrogens with one attached hydrogen (secondary N) is 1. The van der Waals surface area contributed by atoms with E-state index in [4.69, 9.17) is 5.41 Å². The van der Waals surface area contributed by atoms with E-state index in [9.17, 15) is 0 Å². The summed E-state index contributed by atoms with van der Waals surface area (Å²) in [5.74, 6) is 0. The Labute approximate surface area is 160 Å². The minimum absolute atomic E-state index is 0.0121. The molecule has 2 nitrogen and oxygen atoms in total. The van der Waals surface area contributed by atoms with Gasteiger partial charge in [0.25, 0.3) is 0 Å². The highest BCUT2D eigenvalue weighted by Gasteiger charge is 2.32. The maximum absolute atomic E-state index is 7.92. The summed E-state index contributed by atoms with van der Waals surface area (Å²) in [7, 11) is 0. The molecular weight excluding hydrogens is 316 g/mol. The van der Waals surface area contributed by atoms with Crippen molar-refractivity contribution >= 4 is 11.9 Å². The average Bonchev–Trinajstić information content (AvgIpc) is 2.51. The smallest absolute Gasteiger partial charge is 0.0867 e. The molecule has 0 spiro atoms. The van der Waals surface area contributed by atoms with Crippen molar-refractivity contribution in [3.63, 3.8) is 0 Å². The summed E-state index contributed by atoms with van der Waals surface area (Å²) < 4.78 is 0. The van der Waals surface area contributed by atoms with Crippen molar-refractivity contribution in [1.82, 2.24) is 0 Å². The third-order valence-corrected chi connectivity index (χ3v) is 5.01. The number of benzene rings is 1. The van der Waals surface area contributed by atoms with Crippen LogP contribution in [0.15, 0.2) is 36.6 Å². The van der Waals surface area contributed by atoms with Gasteiger partial charge in [-0.3, -0.25) is 0 Å². The van der Waals surface area contributed by atoms with Crippen molar-refractivity contribution in [2.45, 2.75) is 84.6 Å². The highest BCUT2D eigenvalue weighted by molar-refractivity contribution is 5.78. The molecule has 0 amide bonds. The van der Waals surface area contributed by atoms with Crippen molar-refractivity contribution in [1.29, 1.82) is 5.41 Å². The van der Waals surface area contributed by atoms with Crippen molar-refractivity contribution < 1.29 is 0 Å². The molecule has 1 aromatic carbocycles. The van der Waals surface area contributed by atoms with Crippen molar-refractivity contribution in [2.24, 2.45) is 0 Å². The number of hydrogen-bond donors (Lipinski definition) is 1. The van der Waals surface area contributed by atoms with Gasteiger partial charge in [-0.15, -0.1) is 0 Å². The molecule has 1 atom stereocenters. The van der Waals surface area contributed by atoms with Crippen LogP contribution < -0.4 is 4.90 Å². The van der Waals surface area contributed by atoms with Gasteiger partial charge in [0.15, 0.2) is 0 Å². The first-order valence-corrected chi connectivity index (χ1v) is 9.60. The first-order valence-electron chi connectivity index (χ1n) is 9.60. The van der Waals surface area contributed by atoms with Crippen molar-refractivity contribution in [3.05, 3.63) is 53.3 Å². The first kappa shape index (κ1) is 20.5. The molecule has 0 saturated heterocycles. The highest BCUT2D eigenvalue weighted by atomic mass is 15.2. The van der Waals surface area contributed by atoms with E-state index in [-0.39, 0.29) is 22.3 Å². The summed E-state index contributed by atoms with van der Waals surface area (Å²) >= 11 is 0. The zero-order valence-corrected chi connectivity index (χ0v) is 18.1. The summed E-state index contributed by atoms with van der Waals surface area (Å²) in [4.78, 5) is 2.26.